The minimum atomic E-state index is 0.515. The molecule has 0 bridgehead atoms. The maximum atomic E-state index is 5.97. The van der Waals surface area contributed by atoms with Crippen LogP contribution in [-0.4, -0.2) is 9.97 Å². The van der Waals surface area contributed by atoms with Crippen molar-refractivity contribution in [2.24, 2.45) is 0 Å². The van der Waals surface area contributed by atoms with Crippen LogP contribution in [0.5, 0.6) is 0 Å². The number of nitrogens with zero attached hydrogens (tertiary/aromatic N) is 2. The van der Waals surface area contributed by atoms with Crippen molar-refractivity contribution in [2.45, 2.75) is 6.54 Å². The summed E-state index contributed by atoms with van der Waals surface area (Å²) in [6, 6.07) is 3.85. The highest BCUT2D eigenvalue weighted by molar-refractivity contribution is 6.38. The monoisotopic (exact) mass is 253 g/mol. The predicted octanol–water partition coefficient (Wildman–Crippen LogP) is 3.40. The Kier molecular flexibility index (Phi) is 3.59. The van der Waals surface area contributed by atoms with Gasteiger partial charge in [0.05, 0.1) is 15.7 Å². The van der Waals surface area contributed by atoms with Gasteiger partial charge in [-0.05, 0) is 17.7 Å². The molecule has 0 aliphatic rings. The third kappa shape index (κ3) is 2.62. The lowest BCUT2D eigenvalue weighted by atomic mass is 10.2. The van der Waals surface area contributed by atoms with Crippen LogP contribution in [0, 0.1) is 0 Å². The van der Waals surface area contributed by atoms with Gasteiger partial charge in [-0.3, -0.25) is 9.97 Å². The van der Waals surface area contributed by atoms with Crippen molar-refractivity contribution < 1.29 is 0 Å². The number of nitrogens with one attached hydrogen (secondary N) is 1. The summed E-state index contributed by atoms with van der Waals surface area (Å²) in [4.78, 5) is 7.83. The van der Waals surface area contributed by atoms with Crippen LogP contribution in [-0.2, 0) is 6.54 Å². The van der Waals surface area contributed by atoms with Crippen LogP contribution in [0.15, 0.2) is 36.9 Å². The Morgan fingerprint density at radius 3 is 2.25 bits per heavy atom. The van der Waals surface area contributed by atoms with Gasteiger partial charge in [-0.15, -0.1) is 0 Å². The van der Waals surface area contributed by atoms with E-state index >= 15 is 0 Å². The molecule has 5 heteroatoms. The van der Waals surface area contributed by atoms with Crippen molar-refractivity contribution in [2.75, 3.05) is 5.32 Å². The van der Waals surface area contributed by atoms with Crippen LogP contribution < -0.4 is 5.32 Å². The standard InChI is InChI=1S/C11H9Cl2N3/c12-9-6-15-7-10(13)11(9)16-5-8-1-3-14-4-2-8/h1-4,6-7H,5H2,(H,15,16). The van der Waals surface area contributed by atoms with Crippen LogP contribution in [0.3, 0.4) is 0 Å². The molecule has 3 nitrogen and oxygen atoms in total. The lowest BCUT2D eigenvalue weighted by Gasteiger charge is -2.09. The van der Waals surface area contributed by atoms with Gasteiger partial charge in [0.1, 0.15) is 0 Å². The minimum Gasteiger partial charge on any atom is -0.378 e. The van der Waals surface area contributed by atoms with Crippen LogP contribution in [0.4, 0.5) is 5.69 Å². The zero-order valence-corrected chi connectivity index (χ0v) is 9.83. The Hall–Kier alpha value is -1.32. The third-order valence-corrected chi connectivity index (χ3v) is 2.65. The fourth-order valence-electron chi connectivity index (χ4n) is 1.27. The molecule has 0 fully saturated rings. The minimum absolute atomic E-state index is 0.515. The lowest BCUT2D eigenvalue weighted by Crippen LogP contribution is -2.00. The Balaban J connectivity index is 2.11. The Bertz CT molecular complexity index is 454. The fraction of sp³-hybridized carbons (Fsp3) is 0.0909. The Morgan fingerprint density at radius 2 is 1.62 bits per heavy atom. The highest BCUT2D eigenvalue weighted by Gasteiger charge is 2.04. The molecule has 2 heterocycles. The summed E-state index contributed by atoms with van der Waals surface area (Å²) in [5.41, 5.74) is 1.81. The normalized spacial score (nSPS) is 10.1. The number of hydrogen-bond acceptors (Lipinski definition) is 3. The van der Waals surface area contributed by atoms with Crippen molar-refractivity contribution in [3.8, 4) is 0 Å². The van der Waals surface area contributed by atoms with E-state index in [0.717, 1.165) is 5.56 Å². The van der Waals surface area contributed by atoms with Gasteiger partial charge in [-0.2, -0.15) is 0 Å². The highest BCUT2D eigenvalue weighted by Crippen LogP contribution is 2.28. The average Bonchev–Trinajstić information content (AvgIpc) is 2.30. The van der Waals surface area contributed by atoms with E-state index in [4.69, 9.17) is 23.2 Å². The molecule has 2 rings (SSSR count). The number of aromatic nitrogens is 2. The first-order chi connectivity index (χ1) is 7.77. The smallest absolute Gasteiger partial charge is 0.0836 e. The molecular formula is C11H9Cl2N3. The van der Waals surface area contributed by atoms with Gasteiger partial charge in [0, 0.05) is 31.3 Å². The second-order valence-corrected chi connectivity index (χ2v) is 4.00. The van der Waals surface area contributed by atoms with E-state index < -0.39 is 0 Å². The molecule has 0 atom stereocenters. The molecule has 2 aromatic heterocycles. The molecular weight excluding hydrogens is 245 g/mol. The Morgan fingerprint density at radius 1 is 1.00 bits per heavy atom. The number of halogens is 2. The molecule has 16 heavy (non-hydrogen) atoms. The zero-order chi connectivity index (χ0) is 11.4. The van der Waals surface area contributed by atoms with E-state index in [1.807, 2.05) is 12.1 Å². The third-order valence-electron chi connectivity index (χ3n) is 2.07. The first-order valence-corrected chi connectivity index (χ1v) is 5.45. The van der Waals surface area contributed by atoms with Crippen molar-refractivity contribution >= 4 is 28.9 Å². The van der Waals surface area contributed by atoms with Crippen molar-refractivity contribution in [3.05, 3.63) is 52.5 Å². The van der Waals surface area contributed by atoms with Gasteiger partial charge < -0.3 is 5.32 Å². The maximum Gasteiger partial charge on any atom is 0.0836 e. The molecule has 0 saturated carbocycles. The van der Waals surface area contributed by atoms with Gasteiger partial charge in [-0.1, -0.05) is 23.2 Å². The second kappa shape index (κ2) is 5.14. The topological polar surface area (TPSA) is 37.8 Å². The largest absolute Gasteiger partial charge is 0.378 e. The van der Waals surface area contributed by atoms with Crippen LogP contribution in [0.2, 0.25) is 10.0 Å². The van der Waals surface area contributed by atoms with E-state index in [9.17, 15) is 0 Å². The number of hydrogen-bond donors (Lipinski definition) is 1. The van der Waals surface area contributed by atoms with E-state index in [2.05, 4.69) is 15.3 Å². The van der Waals surface area contributed by atoms with Gasteiger partial charge in [0.25, 0.3) is 0 Å². The maximum absolute atomic E-state index is 5.97. The molecule has 0 aliphatic carbocycles. The highest BCUT2D eigenvalue weighted by atomic mass is 35.5. The van der Waals surface area contributed by atoms with Gasteiger partial charge in [0.15, 0.2) is 0 Å². The van der Waals surface area contributed by atoms with Gasteiger partial charge in [-0.25, -0.2) is 0 Å². The first-order valence-electron chi connectivity index (χ1n) is 4.69. The van der Waals surface area contributed by atoms with Crippen molar-refractivity contribution in [3.63, 3.8) is 0 Å². The second-order valence-electron chi connectivity index (χ2n) is 3.19. The first kappa shape index (κ1) is 11.2. The molecule has 82 valence electrons. The summed E-state index contributed by atoms with van der Waals surface area (Å²) in [6.45, 7) is 0.645. The van der Waals surface area contributed by atoms with Crippen LogP contribution in [0.25, 0.3) is 0 Å². The van der Waals surface area contributed by atoms with E-state index in [-0.39, 0.29) is 0 Å². The molecule has 0 spiro atoms. The fourth-order valence-corrected chi connectivity index (χ4v) is 1.77. The molecule has 2 aromatic rings. The number of anilines is 1. The van der Waals surface area contributed by atoms with E-state index in [1.54, 1.807) is 24.8 Å². The zero-order valence-electron chi connectivity index (χ0n) is 8.32. The quantitative estimate of drug-likeness (QED) is 0.912. The average molecular weight is 254 g/mol. The number of pyridine rings is 2. The summed E-state index contributed by atoms with van der Waals surface area (Å²) in [7, 11) is 0. The molecule has 0 aliphatic heterocycles. The van der Waals surface area contributed by atoms with Crippen LogP contribution in [0.1, 0.15) is 5.56 Å². The predicted molar refractivity (Wildman–Crippen MR) is 65.8 cm³/mol. The summed E-state index contributed by atoms with van der Waals surface area (Å²) in [5, 5.41) is 4.20. The number of rotatable bonds is 3. The van der Waals surface area contributed by atoms with Crippen molar-refractivity contribution in [1.82, 2.24) is 9.97 Å². The Labute approximate surface area is 103 Å². The van der Waals surface area contributed by atoms with Gasteiger partial charge >= 0.3 is 0 Å². The van der Waals surface area contributed by atoms with Gasteiger partial charge in [0.2, 0.25) is 0 Å². The molecule has 1 N–H and O–H groups in total. The summed E-state index contributed by atoms with van der Waals surface area (Å²) in [5.74, 6) is 0. The summed E-state index contributed by atoms with van der Waals surface area (Å²) < 4.78 is 0. The van der Waals surface area contributed by atoms with E-state index in [1.165, 1.54) is 0 Å². The van der Waals surface area contributed by atoms with Crippen LogP contribution >= 0.6 is 23.2 Å². The molecule has 0 amide bonds. The molecule has 0 radical (unpaired) electrons. The molecule has 0 saturated heterocycles. The molecule has 0 unspecified atom stereocenters. The van der Waals surface area contributed by atoms with Crippen molar-refractivity contribution in [1.29, 1.82) is 0 Å². The summed E-state index contributed by atoms with van der Waals surface area (Å²) in [6.07, 6.45) is 6.60. The summed E-state index contributed by atoms with van der Waals surface area (Å²) >= 11 is 11.9. The SMILES string of the molecule is Clc1cncc(Cl)c1NCc1ccncc1. The lowest BCUT2D eigenvalue weighted by molar-refractivity contribution is 1.12. The molecule has 0 aromatic carbocycles. The van der Waals surface area contributed by atoms with E-state index in [0.29, 0.717) is 22.3 Å².